The van der Waals surface area contributed by atoms with Crippen molar-refractivity contribution in [3.8, 4) is 0 Å². The van der Waals surface area contributed by atoms with Crippen molar-refractivity contribution in [2.75, 3.05) is 5.32 Å². The van der Waals surface area contributed by atoms with Gasteiger partial charge in [0.15, 0.2) is 0 Å². The summed E-state index contributed by atoms with van der Waals surface area (Å²) in [6, 6.07) is 3.77. The average Bonchev–Trinajstić information content (AvgIpc) is 2.11. The van der Waals surface area contributed by atoms with Gasteiger partial charge in [-0.1, -0.05) is 24.6 Å². The van der Waals surface area contributed by atoms with Crippen molar-refractivity contribution in [3.05, 3.63) is 28.3 Å². The molecule has 0 bridgehead atoms. The van der Waals surface area contributed by atoms with Crippen LogP contribution >= 0.6 is 11.6 Å². The maximum Gasteiger partial charge on any atom is 0.221 e. The summed E-state index contributed by atoms with van der Waals surface area (Å²) in [5.74, 6) is -0.0648. The molecule has 1 aromatic carbocycles. The highest BCUT2D eigenvalue weighted by molar-refractivity contribution is 6.31. The number of nitrogens with one attached hydrogen (secondary N) is 1. The Labute approximate surface area is 89.3 Å². The zero-order chi connectivity index (χ0) is 10.7. The lowest BCUT2D eigenvalue weighted by Crippen LogP contribution is -2.09. The Hall–Kier alpha value is -1.02. The van der Waals surface area contributed by atoms with E-state index in [0.29, 0.717) is 5.02 Å². The first-order valence-corrected chi connectivity index (χ1v) is 4.99. The zero-order valence-corrected chi connectivity index (χ0v) is 9.40. The van der Waals surface area contributed by atoms with E-state index in [1.54, 1.807) is 0 Å². The SMILES string of the molecule is CCc1c(Cl)ccc(C)c1NC(C)=O. The molecule has 14 heavy (non-hydrogen) atoms. The molecular weight excluding hydrogens is 198 g/mol. The summed E-state index contributed by atoms with van der Waals surface area (Å²) < 4.78 is 0. The first-order chi connectivity index (χ1) is 6.56. The molecule has 0 aromatic heterocycles. The summed E-state index contributed by atoms with van der Waals surface area (Å²) in [7, 11) is 0. The Morgan fingerprint density at radius 2 is 2.14 bits per heavy atom. The Morgan fingerprint density at radius 3 is 2.64 bits per heavy atom. The molecule has 1 amide bonds. The molecular formula is C11H14ClNO. The molecule has 76 valence electrons. The second-order valence-electron chi connectivity index (χ2n) is 3.25. The number of aryl methyl sites for hydroxylation is 1. The van der Waals surface area contributed by atoms with Crippen molar-refractivity contribution in [3.63, 3.8) is 0 Å². The van der Waals surface area contributed by atoms with Crippen molar-refractivity contribution in [2.45, 2.75) is 27.2 Å². The fourth-order valence-corrected chi connectivity index (χ4v) is 1.73. The smallest absolute Gasteiger partial charge is 0.221 e. The minimum absolute atomic E-state index is 0.0648. The highest BCUT2D eigenvalue weighted by atomic mass is 35.5. The van der Waals surface area contributed by atoms with Crippen molar-refractivity contribution in [2.24, 2.45) is 0 Å². The van der Waals surface area contributed by atoms with Crippen LogP contribution in [0.25, 0.3) is 0 Å². The third-order valence-corrected chi connectivity index (χ3v) is 2.47. The van der Waals surface area contributed by atoms with Gasteiger partial charge < -0.3 is 5.32 Å². The van der Waals surface area contributed by atoms with E-state index in [1.165, 1.54) is 6.92 Å². The van der Waals surface area contributed by atoms with Gasteiger partial charge in [-0.3, -0.25) is 4.79 Å². The van der Waals surface area contributed by atoms with Crippen LogP contribution in [0.1, 0.15) is 25.0 Å². The van der Waals surface area contributed by atoms with Gasteiger partial charge in [-0.05, 0) is 30.5 Å². The minimum Gasteiger partial charge on any atom is -0.326 e. The highest BCUT2D eigenvalue weighted by Gasteiger charge is 2.09. The first kappa shape index (κ1) is 11.1. The Kier molecular flexibility index (Phi) is 3.53. The van der Waals surface area contributed by atoms with E-state index in [1.807, 2.05) is 26.0 Å². The van der Waals surface area contributed by atoms with Crippen molar-refractivity contribution >= 4 is 23.2 Å². The molecule has 0 aliphatic heterocycles. The number of carbonyl (C=O) groups excluding carboxylic acids is 1. The maximum atomic E-state index is 11.0. The van der Waals surface area contributed by atoms with Crippen LogP contribution in [0.5, 0.6) is 0 Å². The second-order valence-corrected chi connectivity index (χ2v) is 3.66. The second kappa shape index (κ2) is 4.47. The predicted molar refractivity (Wildman–Crippen MR) is 59.9 cm³/mol. The molecule has 0 saturated heterocycles. The van der Waals surface area contributed by atoms with E-state index in [0.717, 1.165) is 23.2 Å². The van der Waals surface area contributed by atoms with Gasteiger partial charge in [-0.2, -0.15) is 0 Å². The zero-order valence-electron chi connectivity index (χ0n) is 8.65. The summed E-state index contributed by atoms with van der Waals surface area (Å²) in [6.45, 7) is 5.48. The average molecular weight is 212 g/mol. The van der Waals surface area contributed by atoms with Gasteiger partial charge in [0, 0.05) is 17.6 Å². The van der Waals surface area contributed by atoms with Gasteiger partial charge in [-0.25, -0.2) is 0 Å². The van der Waals surface area contributed by atoms with Crippen LogP contribution in [0.15, 0.2) is 12.1 Å². The maximum absolute atomic E-state index is 11.0. The van der Waals surface area contributed by atoms with Crippen molar-refractivity contribution in [1.29, 1.82) is 0 Å². The number of rotatable bonds is 2. The molecule has 0 aliphatic carbocycles. The molecule has 0 fully saturated rings. The number of hydrogen-bond donors (Lipinski definition) is 1. The van der Waals surface area contributed by atoms with Gasteiger partial charge in [0.2, 0.25) is 5.91 Å². The lowest BCUT2D eigenvalue weighted by molar-refractivity contribution is -0.114. The quantitative estimate of drug-likeness (QED) is 0.800. The van der Waals surface area contributed by atoms with E-state index in [2.05, 4.69) is 5.32 Å². The summed E-state index contributed by atoms with van der Waals surface area (Å²) in [4.78, 5) is 11.0. The van der Waals surface area contributed by atoms with E-state index < -0.39 is 0 Å². The molecule has 2 nitrogen and oxygen atoms in total. The molecule has 1 N–H and O–H groups in total. The van der Waals surface area contributed by atoms with E-state index in [4.69, 9.17) is 11.6 Å². The van der Waals surface area contributed by atoms with Crippen LogP contribution in [0.3, 0.4) is 0 Å². The largest absolute Gasteiger partial charge is 0.326 e. The molecule has 0 unspecified atom stereocenters. The fraction of sp³-hybridized carbons (Fsp3) is 0.364. The number of hydrogen-bond acceptors (Lipinski definition) is 1. The standard InChI is InChI=1S/C11H14ClNO/c1-4-9-10(12)6-5-7(2)11(9)13-8(3)14/h5-6H,4H2,1-3H3,(H,13,14). The lowest BCUT2D eigenvalue weighted by Gasteiger charge is -2.13. The van der Waals surface area contributed by atoms with Crippen LogP contribution in [0, 0.1) is 6.92 Å². The summed E-state index contributed by atoms with van der Waals surface area (Å²) in [6.07, 6.45) is 0.816. The van der Waals surface area contributed by atoms with Crippen LogP contribution < -0.4 is 5.32 Å². The van der Waals surface area contributed by atoms with Crippen LogP contribution in [-0.4, -0.2) is 5.91 Å². The van der Waals surface area contributed by atoms with Gasteiger partial charge in [0.1, 0.15) is 0 Å². The number of anilines is 1. The third kappa shape index (κ3) is 2.26. The van der Waals surface area contributed by atoms with Gasteiger partial charge >= 0.3 is 0 Å². The van der Waals surface area contributed by atoms with Crippen molar-refractivity contribution < 1.29 is 4.79 Å². The van der Waals surface area contributed by atoms with Crippen LogP contribution in [-0.2, 0) is 11.2 Å². The third-order valence-electron chi connectivity index (χ3n) is 2.12. The monoisotopic (exact) mass is 211 g/mol. The molecule has 0 spiro atoms. The van der Waals surface area contributed by atoms with Crippen LogP contribution in [0.2, 0.25) is 5.02 Å². The van der Waals surface area contributed by atoms with Gasteiger partial charge in [0.05, 0.1) is 0 Å². The first-order valence-electron chi connectivity index (χ1n) is 4.61. The molecule has 0 aliphatic rings. The summed E-state index contributed by atoms with van der Waals surface area (Å²) >= 11 is 6.03. The molecule has 1 aromatic rings. The van der Waals surface area contributed by atoms with Crippen LogP contribution in [0.4, 0.5) is 5.69 Å². The molecule has 0 saturated carbocycles. The normalized spacial score (nSPS) is 10.0. The van der Waals surface area contributed by atoms with Gasteiger partial charge in [0.25, 0.3) is 0 Å². The summed E-state index contributed by atoms with van der Waals surface area (Å²) in [5, 5.41) is 3.52. The number of carbonyl (C=O) groups is 1. The molecule has 3 heteroatoms. The molecule has 1 rings (SSSR count). The fourth-order valence-electron chi connectivity index (χ4n) is 1.44. The number of benzene rings is 1. The summed E-state index contributed by atoms with van der Waals surface area (Å²) in [5.41, 5.74) is 2.90. The number of halogens is 1. The Balaban J connectivity index is 3.22. The Morgan fingerprint density at radius 1 is 1.50 bits per heavy atom. The topological polar surface area (TPSA) is 29.1 Å². The Bertz CT molecular complexity index is 361. The molecule has 0 radical (unpaired) electrons. The predicted octanol–water partition coefficient (Wildman–Crippen LogP) is 3.17. The van der Waals surface area contributed by atoms with E-state index in [9.17, 15) is 4.79 Å². The van der Waals surface area contributed by atoms with E-state index >= 15 is 0 Å². The molecule has 0 heterocycles. The number of amides is 1. The molecule has 0 atom stereocenters. The highest BCUT2D eigenvalue weighted by Crippen LogP contribution is 2.28. The van der Waals surface area contributed by atoms with E-state index in [-0.39, 0.29) is 5.91 Å². The lowest BCUT2D eigenvalue weighted by atomic mass is 10.1. The van der Waals surface area contributed by atoms with Gasteiger partial charge in [-0.15, -0.1) is 0 Å². The minimum atomic E-state index is -0.0648. The van der Waals surface area contributed by atoms with Crippen molar-refractivity contribution in [1.82, 2.24) is 0 Å².